The highest BCUT2D eigenvalue weighted by molar-refractivity contribution is 5.46. The van der Waals surface area contributed by atoms with Gasteiger partial charge in [0, 0.05) is 6.04 Å². The molecule has 0 aliphatic heterocycles. The molecule has 0 atom stereocenters. The molecule has 1 nitrogen and oxygen atoms in total. The molecule has 0 radical (unpaired) electrons. The van der Waals surface area contributed by atoms with Crippen LogP contribution >= 0.6 is 0 Å². The van der Waals surface area contributed by atoms with Crippen LogP contribution in [0.2, 0.25) is 0 Å². The summed E-state index contributed by atoms with van der Waals surface area (Å²) in [6.07, 6.45) is 3.11. The van der Waals surface area contributed by atoms with E-state index in [0.29, 0.717) is 0 Å². The molecule has 0 bridgehead atoms. The number of benzene rings is 1. The molecule has 1 aliphatic rings. The molecule has 0 amide bonds. The highest BCUT2D eigenvalue weighted by Crippen LogP contribution is 2.46. The molecule has 0 spiro atoms. The maximum absolute atomic E-state index is 13.7. The van der Waals surface area contributed by atoms with Gasteiger partial charge >= 0.3 is 0 Å². The average Bonchev–Trinajstić information content (AvgIpc) is 2.18. The van der Waals surface area contributed by atoms with Gasteiger partial charge in [-0.2, -0.15) is 0 Å². The summed E-state index contributed by atoms with van der Waals surface area (Å²) in [5, 5.41) is 3.19. The standard InChI is InChI=1S/C16H23F2N/c1-15(2)8-12(9-16(3,4)10-15)19-14-7-11(17)5-6-13(14)18/h5-7,12,19H,8-10H2,1-4H3. The van der Waals surface area contributed by atoms with Gasteiger partial charge in [-0.25, -0.2) is 8.78 Å². The summed E-state index contributed by atoms with van der Waals surface area (Å²) in [4.78, 5) is 0. The lowest BCUT2D eigenvalue weighted by atomic mass is 9.63. The third-order valence-electron chi connectivity index (χ3n) is 3.84. The second-order valence-corrected chi connectivity index (χ2v) is 7.38. The number of halogens is 2. The van der Waals surface area contributed by atoms with Crippen molar-refractivity contribution >= 4 is 5.69 Å². The van der Waals surface area contributed by atoms with Gasteiger partial charge in [0.2, 0.25) is 0 Å². The maximum Gasteiger partial charge on any atom is 0.146 e. The summed E-state index contributed by atoms with van der Waals surface area (Å²) >= 11 is 0. The Morgan fingerprint density at radius 2 is 1.63 bits per heavy atom. The van der Waals surface area contributed by atoms with Crippen molar-refractivity contribution in [3.05, 3.63) is 29.8 Å². The highest BCUT2D eigenvalue weighted by Gasteiger charge is 2.38. The van der Waals surface area contributed by atoms with Crippen LogP contribution in [0.5, 0.6) is 0 Å². The Hall–Kier alpha value is -1.12. The van der Waals surface area contributed by atoms with E-state index in [1.165, 1.54) is 12.1 Å². The summed E-state index contributed by atoms with van der Waals surface area (Å²) in [6.45, 7) is 8.96. The van der Waals surface area contributed by atoms with Crippen molar-refractivity contribution in [2.45, 2.75) is 53.0 Å². The van der Waals surface area contributed by atoms with E-state index in [4.69, 9.17) is 0 Å². The molecule has 1 aliphatic carbocycles. The van der Waals surface area contributed by atoms with Crippen LogP contribution < -0.4 is 5.32 Å². The zero-order valence-electron chi connectivity index (χ0n) is 12.2. The van der Waals surface area contributed by atoms with Crippen LogP contribution in [0, 0.1) is 22.5 Å². The Balaban J connectivity index is 2.16. The van der Waals surface area contributed by atoms with E-state index < -0.39 is 5.82 Å². The van der Waals surface area contributed by atoms with E-state index in [1.54, 1.807) is 0 Å². The van der Waals surface area contributed by atoms with Crippen LogP contribution in [-0.2, 0) is 0 Å². The summed E-state index contributed by atoms with van der Waals surface area (Å²) in [5.74, 6) is -0.791. The molecule has 19 heavy (non-hydrogen) atoms. The van der Waals surface area contributed by atoms with Gasteiger partial charge < -0.3 is 5.32 Å². The third kappa shape index (κ3) is 3.68. The van der Waals surface area contributed by atoms with Crippen LogP contribution in [-0.4, -0.2) is 6.04 Å². The van der Waals surface area contributed by atoms with Gasteiger partial charge in [-0.05, 0) is 48.3 Å². The van der Waals surface area contributed by atoms with Crippen LogP contribution in [0.1, 0.15) is 47.0 Å². The summed E-state index contributed by atoms with van der Waals surface area (Å²) in [7, 11) is 0. The van der Waals surface area contributed by atoms with Crippen molar-refractivity contribution < 1.29 is 8.78 Å². The SMILES string of the molecule is CC1(C)CC(Nc2cc(F)ccc2F)CC(C)(C)C1. The Bertz CT molecular complexity index is 450. The molecule has 2 rings (SSSR count). The third-order valence-corrected chi connectivity index (χ3v) is 3.84. The zero-order chi connectivity index (χ0) is 14.3. The lowest BCUT2D eigenvalue weighted by Crippen LogP contribution is -2.40. The second-order valence-electron chi connectivity index (χ2n) is 7.38. The molecule has 3 heteroatoms. The van der Waals surface area contributed by atoms with E-state index in [-0.39, 0.29) is 28.4 Å². The van der Waals surface area contributed by atoms with Crippen molar-refractivity contribution in [3.63, 3.8) is 0 Å². The molecule has 1 aromatic rings. The average molecular weight is 267 g/mol. The van der Waals surface area contributed by atoms with Gasteiger partial charge in [-0.1, -0.05) is 27.7 Å². The Morgan fingerprint density at radius 1 is 1.05 bits per heavy atom. The van der Waals surface area contributed by atoms with Gasteiger partial charge in [0.1, 0.15) is 11.6 Å². The highest BCUT2D eigenvalue weighted by atomic mass is 19.1. The molecule has 1 fully saturated rings. The molecule has 0 unspecified atom stereocenters. The van der Waals surface area contributed by atoms with Crippen LogP contribution in [0.25, 0.3) is 0 Å². The van der Waals surface area contributed by atoms with Crippen molar-refractivity contribution in [2.24, 2.45) is 10.8 Å². The Morgan fingerprint density at radius 3 is 2.21 bits per heavy atom. The largest absolute Gasteiger partial charge is 0.380 e. The van der Waals surface area contributed by atoms with Crippen LogP contribution in [0.15, 0.2) is 18.2 Å². The summed E-state index contributed by atoms with van der Waals surface area (Å²) in [5.41, 5.74) is 0.727. The first-order chi connectivity index (χ1) is 8.67. The fraction of sp³-hybridized carbons (Fsp3) is 0.625. The van der Waals surface area contributed by atoms with Gasteiger partial charge in [0.15, 0.2) is 0 Å². The van der Waals surface area contributed by atoms with Crippen LogP contribution in [0.3, 0.4) is 0 Å². The van der Waals surface area contributed by atoms with E-state index in [1.807, 2.05) is 0 Å². The van der Waals surface area contributed by atoms with Gasteiger partial charge in [-0.15, -0.1) is 0 Å². The van der Waals surface area contributed by atoms with E-state index >= 15 is 0 Å². The minimum absolute atomic E-state index is 0.190. The molecule has 106 valence electrons. The number of rotatable bonds is 2. The first-order valence-electron chi connectivity index (χ1n) is 6.89. The number of hydrogen-bond donors (Lipinski definition) is 1. The summed E-state index contributed by atoms with van der Waals surface area (Å²) < 4.78 is 26.9. The molecule has 0 heterocycles. The molecule has 1 N–H and O–H groups in total. The van der Waals surface area contributed by atoms with Gasteiger partial charge in [-0.3, -0.25) is 0 Å². The predicted octanol–water partition coefficient (Wildman–Crippen LogP) is 4.98. The first kappa shape index (κ1) is 14.3. The molecular formula is C16H23F2N. The fourth-order valence-corrected chi connectivity index (χ4v) is 3.78. The lowest BCUT2D eigenvalue weighted by molar-refractivity contribution is 0.105. The molecular weight excluding hydrogens is 244 g/mol. The van der Waals surface area contributed by atoms with Crippen molar-refractivity contribution in [1.82, 2.24) is 0 Å². The van der Waals surface area contributed by atoms with Crippen molar-refractivity contribution in [3.8, 4) is 0 Å². The summed E-state index contributed by atoms with van der Waals surface area (Å²) in [6, 6.07) is 3.76. The normalized spacial score (nSPS) is 22.2. The number of hydrogen-bond acceptors (Lipinski definition) is 1. The number of nitrogens with one attached hydrogen (secondary N) is 1. The quantitative estimate of drug-likeness (QED) is 0.796. The van der Waals surface area contributed by atoms with Crippen molar-refractivity contribution in [2.75, 3.05) is 5.32 Å². The molecule has 0 aromatic heterocycles. The van der Waals surface area contributed by atoms with E-state index in [9.17, 15) is 8.78 Å². The molecule has 0 saturated heterocycles. The van der Waals surface area contributed by atoms with Gasteiger partial charge in [0.05, 0.1) is 5.69 Å². The predicted molar refractivity (Wildman–Crippen MR) is 75.2 cm³/mol. The lowest BCUT2D eigenvalue weighted by Gasteiger charge is -2.45. The Kier molecular flexibility index (Phi) is 3.59. The minimum atomic E-state index is -0.404. The first-order valence-corrected chi connectivity index (χ1v) is 6.89. The zero-order valence-corrected chi connectivity index (χ0v) is 12.2. The number of anilines is 1. The maximum atomic E-state index is 13.7. The second kappa shape index (κ2) is 4.77. The fourth-order valence-electron chi connectivity index (χ4n) is 3.78. The minimum Gasteiger partial charge on any atom is -0.380 e. The Labute approximate surface area is 114 Å². The molecule has 1 saturated carbocycles. The smallest absolute Gasteiger partial charge is 0.146 e. The van der Waals surface area contributed by atoms with Crippen LogP contribution in [0.4, 0.5) is 14.5 Å². The molecule has 1 aromatic carbocycles. The topological polar surface area (TPSA) is 12.0 Å². The van der Waals surface area contributed by atoms with Gasteiger partial charge in [0.25, 0.3) is 0 Å². The van der Waals surface area contributed by atoms with E-state index in [0.717, 1.165) is 25.3 Å². The monoisotopic (exact) mass is 267 g/mol. The van der Waals surface area contributed by atoms with Crippen molar-refractivity contribution in [1.29, 1.82) is 0 Å². The van der Waals surface area contributed by atoms with E-state index in [2.05, 4.69) is 33.0 Å².